The number of nitrogens with zero attached hydrogens (tertiary/aromatic N) is 3. The zero-order chi connectivity index (χ0) is 13.8. The third kappa shape index (κ3) is 3.90. The quantitative estimate of drug-likeness (QED) is 0.873. The number of aromatic nitrogens is 3. The highest BCUT2D eigenvalue weighted by molar-refractivity contribution is 5.26. The molecule has 0 aromatic carbocycles. The van der Waals surface area contributed by atoms with E-state index >= 15 is 0 Å². The highest BCUT2D eigenvalue weighted by atomic mass is 19.4. The van der Waals surface area contributed by atoms with E-state index in [9.17, 15) is 13.2 Å². The van der Waals surface area contributed by atoms with Crippen LogP contribution in [0.2, 0.25) is 0 Å². The van der Waals surface area contributed by atoms with Gasteiger partial charge in [0, 0.05) is 7.05 Å². The zero-order valence-electron chi connectivity index (χ0n) is 10.1. The van der Waals surface area contributed by atoms with Crippen LogP contribution in [0.4, 0.5) is 19.1 Å². The molecule has 1 aromatic rings. The van der Waals surface area contributed by atoms with Crippen molar-refractivity contribution in [3.05, 3.63) is 0 Å². The average Bonchev–Trinajstić information content (AvgIpc) is 2.27. The summed E-state index contributed by atoms with van der Waals surface area (Å²) in [6.07, 6.45) is -6.50. The minimum atomic E-state index is -4.49. The number of halogens is 3. The van der Waals surface area contributed by atoms with Gasteiger partial charge in [0.05, 0.1) is 6.61 Å². The summed E-state index contributed by atoms with van der Waals surface area (Å²) in [6.45, 7) is 2.84. The Balaban J connectivity index is 2.90. The average molecular weight is 266 g/mol. The Hall–Kier alpha value is -1.80. The van der Waals surface area contributed by atoms with Gasteiger partial charge in [0.2, 0.25) is 5.95 Å². The van der Waals surface area contributed by atoms with E-state index in [0.717, 1.165) is 6.92 Å². The van der Waals surface area contributed by atoms with Gasteiger partial charge in [-0.2, -0.15) is 23.1 Å². The van der Waals surface area contributed by atoms with E-state index in [4.69, 9.17) is 4.74 Å². The third-order valence-electron chi connectivity index (χ3n) is 1.83. The van der Waals surface area contributed by atoms with Crippen molar-refractivity contribution in [3.63, 3.8) is 0 Å². The lowest BCUT2D eigenvalue weighted by molar-refractivity contribution is -0.190. The maximum atomic E-state index is 12.3. The van der Waals surface area contributed by atoms with Crippen molar-refractivity contribution in [1.82, 2.24) is 15.0 Å². The SMILES string of the molecule is CCOc1nc(NC)nc(OC(C)C(F)(F)F)n1. The fourth-order valence-electron chi connectivity index (χ4n) is 0.921. The van der Waals surface area contributed by atoms with Gasteiger partial charge in [-0.1, -0.05) is 0 Å². The smallest absolute Gasteiger partial charge is 0.425 e. The van der Waals surface area contributed by atoms with Gasteiger partial charge < -0.3 is 14.8 Å². The molecule has 0 saturated heterocycles. The molecular weight excluding hydrogens is 253 g/mol. The molecule has 1 unspecified atom stereocenters. The molecule has 0 spiro atoms. The number of anilines is 1. The zero-order valence-corrected chi connectivity index (χ0v) is 10.1. The maximum Gasteiger partial charge on any atom is 0.425 e. The summed E-state index contributed by atoms with van der Waals surface area (Å²) < 4.78 is 46.6. The van der Waals surface area contributed by atoms with E-state index in [-0.39, 0.29) is 18.6 Å². The Labute approximate surface area is 102 Å². The van der Waals surface area contributed by atoms with Crippen LogP contribution in [0.3, 0.4) is 0 Å². The molecule has 0 aliphatic carbocycles. The number of ether oxygens (including phenoxy) is 2. The summed E-state index contributed by atoms with van der Waals surface area (Å²) in [5.74, 6) is 0.0674. The predicted octanol–water partition coefficient (Wildman–Crippen LogP) is 1.64. The number of hydrogen-bond donors (Lipinski definition) is 1. The van der Waals surface area contributed by atoms with Crippen LogP contribution >= 0.6 is 0 Å². The molecule has 102 valence electrons. The first-order chi connectivity index (χ1) is 8.36. The molecular formula is C9H13F3N4O2. The topological polar surface area (TPSA) is 69.2 Å². The van der Waals surface area contributed by atoms with Gasteiger partial charge in [-0.25, -0.2) is 0 Å². The first-order valence-corrected chi connectivity index (χ1v) is 5.16. The third-order valence-corrected chi connectivity index (χ3v) is 1.83. The van der Waals surface area contributed by atoms with Crippen molar-refractivity contribution in [1.29, 1.82) is 0 Å². The summed E-state index contributed by atoms with van der Waals surface area (Å²) in [5.41, 5.74) is 0. The van der Waals surface area contributed by atoms with E-state index in [2.05, 4.69) is 25.0 Å². The van der Waals surface area contributed by atoms with Crippen molar-refractivity contribution in [2.75, 3.05) is 19.0 Å². The van der Waals surface area contributed by atoms with E-state index in [1.165, 1.54) is 7.05 Å². The normalized spacial score (nSPS) is 13.0. The lowest BCUT2D eigenvalue weighted by Crippen LogP contribution is -2.31. The predicted molar refractivity (Wildman–Crippen MR) is 56.7 cm³/mol. The summed E-state index contributed by atoms with van der Waals surface area (Å²) in [4.78, 5) is 11.1. The minimum Gasteiger partial charge on any atom is -0.464 e. The minimum absolute atomic E-state index is 0.0674. The number of nitrogens with one attached hydrogen (secondary N) is 1. The van der Waals surface area contributed by atoms with E-state index < -0.39 is 18.3 Å². The summed E-state index contributed by atoms with van der Waals surface area (Å²) >= 11 is 0. The van der Waals surface area contributed by atoms with Crippen LogP contribution in [0.25, 0.3) is 0 Å². The lowest BCUT2D eigenvalue weighted by atomic mass is 10.4. The van der Waals surface area contributed by atoms with Gasteiger partial charge in [-0.05, 0) is 13.8 Å². The molecule has 0 aliphatic rings. The Morgan fingerprint density at radius 2 is 1.83 bits per heavy atom. The van der Waals surface area contributed by atoms with Crippen molar-refractivity contribution in [2.24, 2.45) is 0 Å². The molecule has 18 heavy (non-hydrogen) atoms. The van der Waals surface area contributed by atoms with Crippen LogP contribution in [0.1, 0.15) is 13.8 Å². The monoisotopic (exact) mass is 266 g/mol. The van der Waals surface area contributed by atoms with Gasteiger partial charge in [0.25, 0.3) is 0 Å². The summed E-state index contributed by atoms with van der Waals surface area (Å²) in [5, 5.41) is 2.57. The second-order valence-electron chi connectivity index (χ2n) is 3.21. The van der Waals surface area contributed by atoms with Crippen LogP contribution in [0.15, 0.2) is 0 Å². The second kappa shape index (κ2) is 5.69. The Morgan fingerprint density at radius 3 is 2.33 bits per heavy atom. The fraction of sp³-hybridized carbons (Fsp3) is 0.667. The molecule has 1 N–H and O–H groups in total. The molecule has 0 fully saturated rings. The Kier molecular flexibility index (Phi) is 4.51. The van der Waals surface area contributed by atoms with E-state index in [0.29, 0.717) is 0 Å². The van der Waals surface area contributed by atoms with Crippen LogP contribution < -0.4 is 14.8 Å². The first kappa shape index (κ1) is 14.3. The molecule has 0 bridgehead atoms. The van der Waals surface area contributed by atoms with E-state index in [1.54, 1.807) is 6.92 Å². The van der Waals surface area contributed by atoms with Crippen LogP contribution in [0, 0.1) is 0 Å². The van der Waals surface area contributed by atoms with Gasteiger partial charge in [0.15, 0.2) is 6.10 Å². The lowest BCUT2D eigenvalue weighted by Gasteiger charge is -2.16. The summed E-state index contributed by atoms with van der Waals surface area (Å²) in [6, 6.07) is -0.538. The molecule has 0 aliphatic heterocycles. The van der Waals surface area contributed by atoms with Crippen LogP contribution in [-0.4, -0.2) is 40.9 Å². The van der Waals surface area contributed by atoms with Gasteiger partial charge in [0.1, 0.15) is 0 Å². The Morgan fingerprint density at radius 1 is 1.22 bits per heavy atom. The van der Waals surface area contributed by atoms with Crippen molar-refractivity contribution < 1.29 is 22.6 Å². The fourth-order valence-corrected chi connectivity index (χ4v) is 0.921. The second-order valence-corrected chi connectivity index (χ2v) is 3.21. The van der Waals surface area contributed by atoms with Crippen LogP contribution in [-0.2, 0) is 0 Å². The molecule has 9 heteroatoms. The molecule has 0 saturated carbocycles. The molecule has 0 radical (unpaired) electrons. The standard InChI is InChI=1S/C9H13F3N4O2/c1-4-17-7-14-6(13-3)15-8(16-7)18-5(2)9(10,11)12/h5H,4H2,1-3H3,(H,13,14,15,16). The molecule has 0 amide bonds. The van der Waals surface area contributed by atoms with Gasteiger partial charge in [-0.15, -0.1) is 4.98 Å². The van der Waals surface area contributed by atoms with Crippen molar-refractivity contribution in [2.45, 2.75) is 26.1 Å². The molecule has 1 heterocycles. The van der Waals surface area contributed by atoms with E-state index in [1.807, 2.05) is 0 Å². The Bertz CT molecular complexity index is 400. The number of rotatable bonds is 5. The highest BCUT2D eigenvalue weighted by Crippen LogP contribution is 2.24. The largest absolute Gasteiger partial charge is 0.464 e. The number of hydrogen-bond acceptors (Lipinski definition) is 6. The molecule has 6 nitrogen and oxygen atoms in total. The van der Waals surface area contributed by atoms with Crippen molar-refractivity contribution in [3.8, 4) is 12.0 Å². The number of alkyl halides is 3. The van der Waals surface area contributed by atoms with Crippen molar-refractivity contribution >= 4 is 5.95 Å². The summed E-state index contributed by atoms with van der Waals surface area (Å²) in [7, 11) is 1.52. The molecule has 1 atom stereocenters. The molecule has 1 rings (SSSR count). The molecule has 1 aromatic heterocycles. The highest BCUT2D eigenvalue weighted by Gasteiger charge is 2.38. The first-order valence-electron chi connectivity index (χ1n) is 5.16. The van der Waals surface area contributed by atoms with Crippen LogP contribution in [0.5, 0.6) is 12.0 Å². The van der Waals surface area contributed by atoms with Gasteiger partial charge in [-0.3, -0.25) is 0 Å². The van der Waals surface area contributed by atoms with Gasteiger partial charge >= 0.3 is 18.2 Å². The maximum absolute atomic E-state index is 12.3.